The lowest BCUT2D eigenvalue weighted by Crippen LogP contribution is -2.34. The maximum absolute atomic E-state index is 5.75. The standard InChI is InChI=1S/C16H19N3O2/c1-20-16-14-11-19(8-7-15(14)17-12-18-16)9-10-21-13-5-3-2-4-6-13/h2-6,12H,7-11H2,1H3. The zero-order valence-corrected chi connectivity index (χ0v) is 12.2. The number of benzene rings is 1. The molecule has 1 aromatic heterocycles. The van der Waals surface area contributed by atoms with Gasteiger partial charge in [-0.1, -0.05) is 18.2 Å². The molecule has 2 aromatic rings. The van der Waals surface area contributed by atoms with Crippen molar-refractivity contribution in [2.45, 2.75) is 13.0 Å². The Morgan fingerprint density at radius 1 is 1.19 bits per heavy atom. The van der Waals surface area contributed by atoms with E-state index in [1.165, 1.54) is 0 Å². The molecule has 0 saturated heterocycles. The van der Waals surface area contributed by atoms with E-state index in [1.807, 2.05) is 30.3 Å². The number of rotatable bonds is 5. The summed E-state index contributed by atoms with van der Waals surface area (Å²) in [7, 11) is 1.65. The number of hydrogen-bond donors (Lipinski definition) is 0. The number of fused-ring (bicyclic) bond motifs is 1. The molecule has 0 saturated carbocycles. The summed E-state index contributed by atoms with van der Waals surface area (Å²) in [6.45, 7) is 3.37. The summed E-state index contributed by atoms with van der Waals surface area (Å²) < 4.78 is 11.1. The molecule has 0 bridgehead atoms. The van der Waals surface area contributed by atoms with Crippen LogP contribution in [0.4, 0.5) is 0 Å². The number of nitrogens with zero attached hydrogens (tertiary/aromatic N) is 3. The Hall–Kier alpha value is -2.14. The van der Waals surface area contributed by atoms with Crippen LogP contribution in [0.3, 0.4) is 0 Å². The van der Waals surface area contributed by atoms with Crippen LogP contribution < -0.4 is 9.47 Å². The highest BCUT2D eigenvalue weighted by Crippen LogP contribution is 2.23. The Bertz CT molecular complexity index is 575. The summed E-state index contributed by atoms with van der Waals surface area (Å²) >= 11 is 0. The number of ether oxygens (including phenoxy) is 2. The largest absolute Gasteiger partial charge is 0.492 e. The maximum Gasteiger partial charge on any atom is 0.220 e. The number of hydrogen-bond acceptors (Lipinski definition) is 5. The quantitative estimate of drug-likeness (QED) is 0.840. The molecular formula is C16H19N3O2. The molecule has 3 rings (SSSR count). The van der Waals surface area contributed by atoms with Crippen molar-refractivity contribution in [1.29, 1.82) is 0 Å². The van der Waals surface area contributed by atoms with Crippen molar-refractivity contribution < 1.29 is 9.47 Å². The molecule has 0 radical (unpaired) electrons. The van der Waals surface area contributed by atoms with Gasteiger partial charge < -0.3 is 9.47 Å². The Balaban J connectivity index is 1.56. The van der Waals surface area contributed by atoms with E-state index in [-0.39, 0.29) is 0 Å². The monoisotopic (exact) mass is 285 g/mol. The highest BCUT2D eigenvalue weighted by Gasteiger charge is 2.21. The smallest absolute Gasteiger partial charge is 0.220 e. The van der Waals surface area contributed by atoms with Crippen LogP contribution in [0.25, 0.3) is 0 Å². The van der Waals surface area contributed by atoms with E-state index in [9.17, 15) is 0 Å². The zero-order chi connectivity index (χ0) is 14.5. The predicted molar refractivity (Wildman–Crippen MR) is 79.5 cm³/mol. The van der Waals surface area contributed by atoms with Gasteiger partial charge in [-0.15, -0.1) is 0 Å². The SMILES string of the molecule is COc1ncnc2c1CN(CCOc1ccccc1)CC2. The minimum absolute atomic E-state index is 0.676. The van der Waals surface area contributed by atoms with Gasteiger partial charge >= 0.3 is 0 Å². The van der Waals surface area contributed by atoms with Crippen LogP contribution in [0.15, 0.2) is 36.7 Å². The Labute approximate surface area is 124 Å². The lowest BCUT2D eigenvalue weighted by Gasteiger charge is -2.28. The Kier molecular flexibility index (Phi) is 4.31. The van der Waals surface area contributed by atoms with Crippen LogP contribution in [-0.4, -0.2) is 41.7 Å². The third-order valence-electron chi connectivity index (χ3n) is 3.65. The Morgan fingerprint density at radius 3 is 2.86 bits per heavy atom. The van der Waals surface area contributed by atoms with Crippen LogP contribution in [0.2, 0.25) is 0 Å². The van der Waals surface area contributed by atoms with Crippen LogP contribution in [-0.2, 0) is 13.0 Å². The van der Waals surface area contributed by atoms with Gasteiger partial charge in [0.1, 0.15) is 18.7 Å². The molecule has 1 aliphatic heterocycles. The fourth-order valence-electron chi connectivity index (χ4n) is 2.55. The fraction of sp³-hybridized carbons (Fsp3) is 0.375. The van der Waals surface area contributed by atoms with Crippen LogP contribution >= 0.6 is 0 Å². The van der Waals surface area contributed by atoms with Gasteiger partial charge in [0.15, 0.2) is 0 Å². The van der Waals surface area contributed by atoms with E-state index >= 15 is 0 Å². The summed E-state index contributed by atoms with van der Waals surface area (Å²) in [6.07, 6.45) is 2.51. The lowest BCUT2D eigenvalue weighted by atomic mass is 10.1. The first-order chi connectivity index (χ1) is 10.4. The van der Waals surface area contributed by atoms with Crippen LogP contribution in [0.5, 0.6) is 11.6 Å². The van der Waals surface area contributed by atoms with Gasteiger partial charge in [-0.2, -0.15) is 0 Å². The molecule has 5 nitrogen and oxygen atoms in total. The molecule has 0 amide bonds. The Morgan fingerprint density at radius 2 is 2.05 bits per heavy atom. The van der Waals surface area contributed by atoms with E-state index in [0.29, 0.717) is 12.5 Å². The van der Waals surface area contributed by atoms with Gasteiger partial charge in [-0.25, -0.2) is 9.97 Å². The second-order valence-corrected chi connectivity index (χ2v) is 5.00. The summed E-state index contributed by atoms with van der Waals surface area (Å²) in [6, 6.07) is 9.90. The molecule has 2 heterocycles. The summed E-state index contributed by atoms with van der Waals surface area (Å²) in [5.41, 5.74) is 2.20. The minimum Gasteiger partial charge on any atom is -0.492 e. The van der Waals surface area contributed by atoms with Crippen LogP contribution in [0, 0.1) is 0 Å². The summed E-state index contributed by atoms with van der Waals surface area (Å²) in [5.74, 6) is 1.60. The lowest BCUT2D eigenvalue weighted by molar-refractivity contribution is 0.192. The van der Waals surface area contributed by atoms with E-state index in [4.69, 9.17) is 9.47 Å². The van der Waals surface area contributed by atoms with Gasteiger partial charge in [-0.3, -0.25) is 4.90 Å². The maximum atomic E-state index is 5.75. The molecule has 1 aromatic carbocycles. The van der Waals surface area contributed by atoms with Gasteiger partial charge in [-0.05, 0) is 12.1 Å². The van der Waals surface area contributed by atoms with E-state index in [1.54, 1.807) is 13.4 Å². The van der Waals surface area contributed by atoms with Crippen molar-refractivity contribution in [1.82, 2.24) is 14.9 Å². The molecule has 1 aliphatic rings. The van der Waals surface area contributed by atoms with Gasteiger partial charge in [0.25, 0.3) is 0 Å². The second-order valence-electron chi connectivity index (χ2n) is 5.00. The molecular weight excluding hydrogens is 266 g/mol. The van der Waals surface area contributed by atoms with Crippen molar-refractivity contribution in [3.63, 3.8) is 0 Å². The van der Waals surface area contributed by atoms with E-state index < -0.39 is 0 Å². The summed E-state index contributed by atoms with van der Waals surface area (Å²) in [5, 5.41) is 0. The fourth-order valence-corrected chi connectivity index (χ4v) is 2.55. The molecule has 0 N–H and O–H groups in total. The normalized spacial score (nSPS) is 14.5. The predicted octanol–water partition coefficient (Wildman–Crippen LogP) is 1.92. The minimum atomic E-state index is 0.676. The van der Waals surface area contributed by atoms with Crippen molar-refractivity contribution in [2.24, 2.45) is 0 Å². The van der Waals surface area contributed by atoms with Crippen molar-refractivity contribution >= 4 is 0 Å². The average molecular weight is 285 g/mol. The zero-order valence-electron chi connectivity index (χ0n) is 12.2. The van der Waals surface area contributed by atoms with Crippen molar-refractivity contribution in [2.75, 3.05) is 26.8 Å². The molecule has 21 heavy (non-hydrogen) atoms. The first kappa shape index (κ1) is 13.8. The highest BCUT2D eigenvalue weighted by atomic mass is 16.5. The third-order valence-corrected chi connectivity index (χ3v) is 3.65. The molecule has 0 fully saturated rings. The molecule has 5 heteroatoms. The number of para-hydroxylation sites is 1. The van der Waals surface area contributed by atoms with Crippen molar-refractivity contribution in [3.8, 4) is 11.6 Å². The molecule has 0 spiro atoms. The molecule has 110 valence electrons. The summed E-state index contributed by atoms with van der Waals surface area (Å²) in [4.78, 5) is 10.9. The number of methoxy groups -OCH3 is 1. The first-order valence-electron chi connectivity index (χ1n) is 7.14. The average Bonchev–Trinajstić information content (AvgIpc) is 2.55. The topological polar surface area (TPSA) is 47.5 Å². The third kappa shape index (κ3) is 3.31. The molecule has 0 unspecified atom stereocenters. The highest BCUT2D eigenvalue weighted by molar-refractivity contribution is 5.31. The van der Waals surface area contributed by atoms with Gasteiger partial charge in [0.2, 0.25) is 5.88 Å². The molecule has 0 aliphatic carbocycles. The van der Waals surface area contributed by atoms with Crippen LogP contribution in [0.1, 0.15) is 11.3 Å². The number of aromatic nitrogens is 2. The van der Waals surface area contributed by atoms with Crippen molar-refractivity contribution in [3.05, 3.63) is 47.9 Å². The molecule has 0 atom stereocenters. The first-order valence-corrected chi connectivity index (χ1v) is 7.14. The second kappa shape index (κ2) is 6.54. The van der Waals surface area contributed by atoms with Gasteiger partial charge in [0.05, 0.1) is 12.8 Å². The van der Waals surface area contributed by atoms with E-state index in [0.717, 1.165) is 43.1 Å². The van der Waals surface area contributed by atoms with E-state index in [2.05, 4.69) is 14.9 Å². The van der Waals surface area contributed by atoms with Gasteiger partial charge in [0, 0.05) is 31.6 Å².